The molecule has 4 nitrogen and oxygen atoms in total. The number of hydrogen-bond donors (Lipinski definition) is 0. The van der Waals surface area contributed by atoms with Crippen LogP contribution in [0.3, 0.4) is 0 Å². The van der Waals surface area contributed by atoms with Crippen LogP contribution in [-0.4, -0.2) is 43.8 Å². The summed E-state index contributed by atoms with van der Waals surface area (Å²) in [5.74, 6) is 3.82. The summed E-state index contributed by atoms with van der Waals surface area (Å²) in [6.45, 7) is 3.40. The maximum atomic E-state index is 13.5. The molecule has 4 aliphatic carbocycles. The highest BCUT2D eigenvalue weighted by molar-refractivity contribution is 7.91. The molecule has 1 aromatic rings. The van der Waals surface area contributed by atoms with Crippen molar-refractivity contribution in [1.82, 2.24) is 4.90 Å². The maximum absolute atomic E-state index is 13.5. The zero-order chi connectivity index (χ0) is 20.4. The average molecular weight is 416 g/mol. The third-order valence-corrected chi connectivity index (χ3v) is 10.7. The smallest absolute Gasteiger partial charge is 0.223 e. The first kappa shape index (κ1) is 19.6. The fraction of sp³-hybridized carbons (Fsp3) is 0.708. The molecule has 0 radical (unpaired) electrons. The van der Waals surface area contributed by atoms with Gasteiger partial charge in [-0.25, -0.2) is 8.42 Å². The van der Waals surface area contributed by atoms with Gasteiger partial charge >= 0.3 is 0 Å². The largest absolute Gasteiger partial charge is 0.341 e. The number of nitrogens with zero attached hydrogens (tertiary/aromatic N) is 1. The van der Waals surface area contributed by atoms with Gasteiger partial charge in [0.2, 0.25) is 5.91 Å². The summed E-state index contributed by atoms with van der Waals surface area (Å²) in [4.78, 5) is 15.3. The van der Waals surface area contributed by atoms with Crippen molar-refractivity contribution in [2.75, 3.05) is 19.3 Å². The Morgan fingerprint density at radius 1 is 1.07 bits per heavy atom. The molecule has 5 fully saturated rings. The molecule has 4 bridgehead atoms. The molecule has 1 heterocycles. The van der Waals surface area contributed by atoms with Crippen LogP contribution in [-0.2, 0) is 20.0 Å². The van der Waals surface area contributed by atoms with E-state index in [9.17, 15) is 13.2 Å². The van der Waals surface area contributed by atoms with E-state index in [1.165, 1.54) is 37.5 Å². The van der Waals surface area contributed by atoms with Gasteiger partial charge in [-0.2, -0.15) is 0 Å². The third-order valence-electron chi connectivity index (χ3n) is 9.15. The molecule has 5 aliphatic rings. The molecule has 1 atom stereocenters. The van der Waals surface area contributed by atoms with Gasteiger partial charge in [0.05, 0.1) is 5.25 Å². The van der Waals surface area contributed by atoms with Gasteiger partial charge < -0.3 is 4.90 Å². The first-order chi connectivity index (χ1) is 13.8. The predicted molar refractivity (Wildman–Crippen MR) is 114 cm³/mol. The zero-order valence-electron chi connectivity index (χ0n) is 17.6. The summed E-state index contributed by atoms with van der Waals surface area (Å²) >= 11 is 0. The molecule has 0 spiro atoms. The van der Waals surface area contributed by atoms with E-state index in [2.05, 4.69) is 37.3 Å². The van der Waals surface area contributed by atoms with Gasteiger partial charge in [-0.15, -0.1) is 0 Å². The second-order valence-electron chi connectivity index (χ2n) is 10.4. The molecule has 1 saturated heterocycles. The summed E-state index contributed by atoms with van der Waals surface area (Å²) in [6, 6.07) is 10.8. The van der Waals surface area contributed by atoms with Crippen molar-refractivity contribution >= 4 is 15.7 Å². The Hall–Kier alpha value is -1.36. The minimum Gasteiger partial charge on any atom is -0.341 e. The normalized spacial score (nSPS) is 41.1. The van der Waals surface area contributed by atoms with Gasteiger partial charge in [0.25, 0.3) is 0 Å². The Labute approximate surface area is 175 Å². The Morgan fingerprint density at radius 2 is 1.66 bits per heavy atom. The van der Waals surface area contributed by atoms with Crippen LogP contribution in [0, 0.1) is 29.6 Å². The van der Waals surface area contributed by atoms with Crippen molar-refractivity contribution in [3.8, 4) is 0 Å². The highest BCUT2D eigenvalue weighted by atomic mass is 32.2. The van der Waals surface area contributed by atoms with Gasteiger partial charge in [0, 0.05) is 31.2 Å². The van der Waals surface area contributed by atoms with Crippen molar-refractivity contribution in [2.24, 2.45) is 29.6 Å². The monoisotopic (exact) mass is 415 g/mol. The van der Waals surface area contributed by atoms with E-state index in [0.29, 0.717) is 37.8 Å². The van der Waals surface area contributed by atoms with E-state index in [0.717, 1.165) is 17.8 Å². The number of sulfone groups is 1. The highest BCUT2D eigenvalue weighted by Crippen LogP contribution is 2.65. The van der Waals surface area contributed by atoms with E-state index in [-0.39, 0.29) is 11.3 Å². The first-order valence-corrected chi connectivity index (χ1v) is 13.3. The quantitative estimate of drug-likeness (QED) is 0.754. The number of amides is 1. The fourth-order valence-corrected chi connectivity index (χ4v) is 8.53. The number of rotatable bonds is 4. The van der Waals surface area contributed by atoms with Crippen molar-refractivity contribution in [3.05, 3.63) is 35.9 Å². The second-order valence-corrected chi connectivity index (χ2v) is 12.7. The Morgan fingerprint density at radius 3 is 2.17 bits per heavy atom. The van der Waals surface area contributed by atoms with Crippen LogP contribution >= 0.6 is 0 Å². The zero-order valence-corrected chi connectivity index (χ0v) is 18.4. The molecule has 158 valence electrons. The van der Waals surface area contributed by atoms with E-state index < -0.39 is 15.1 Å². The highest BCUT2D eigenvalue weighted by Gasteiger charge is 2.60. The summed E-state index contributed by atoms with van der Waals surface area (Å²) in [6.07, 6.45) is 7.44. The fourth-order valence-electron chi connectivity index (χ4n) is 7.54. The lowest BCUT2D eigenvalue weighted by Crippen LogP contribution is -2.59. The number of carbonyl (C=O) groups is 1. The summed E-state index contributed by atoms with van der Waals surface area (Å²) in [5.41, 5.74) is 1.28. The van der Waals surface area contributed by atoms with E-state index in [1.807, 2.05) is 4.90 Å². The molecule has 0 aromatic heterocycles. The molecular weight excluding hydrogens is 382 g/mol. The van der Waals surface area contributed by atoms with Crippen molar-refractivity contribution in [1.29, 1.82) is 0 Å². The Bertz CT molecular complexity index is 864. The molecular formula is C24H33NO3S. The van der Waals surface area contributed by atoms with Crippen LogP contribution in [0.5, 0.6) is 0 Å². The van der Waals surface area contributed by atoms with Crippen LogP contribution in [0.2, 0.25) is 0 Å². The minimum atomic E-state index is -3.09. The van der Waals surface area contributed by atoms with Gasteiger partial charge in [0.15, 0.2) is 9.84 Å². The molecule has 1 unspecified atom stereocenters. The molecule has 4 saturated carbocycles. The van der Waals surface area contributed by atoms with Gasteiger partial charge in [-0.05, 0) is 67.3 Å². The minimum absolute atomic E-state index is 0.0609. The lowest BCUT2D eigenvalue weighted by atomic mass is 9.41. The van der Waals surface area contributed by atoms with Crippen molar-refractivity contribution in [3.63, 3.8) is 0 Å². The van der Waals surface area contributed by atoms with Crippen LogP contribution in [0.25, 0.3) is 0 Å². The predicted octanol–water partition coefficient (Wildman–Crippen LogP) is 3.66. The third kappa shape index (κ3) is 3.07. The lowest BCUT2D eigenvalue weighted by Gasteiger charge is -2.63. The first-order valence-electron chi connectivity index (χ1n) is 11.3. The van der Waals surface area contributed by atoms with Gasteiger partial charge in [-0.3, -0.25) is 4.79 Å². The second kappa shape index (κ2) is 6.83. The van der Waals surface area contributed by atoms with Crippen LogP contribution < -0.4 is 0 Å². The van der Waals surface area contributed by atoms with E-state index >= 15 is 0 Å². The molecule has 5 heteroatoms. The summed E-state index contributed by atoms with van der Waals surface area (Å²) < 4.78 is 23.9. The van der Waals surface area contributed by atoms with Crippen molar-refractivity contribution < 1.29 is 13.2 Å². The standard InChI is InChI=1S/C24H33NO3S/c1-16-17-10-20-12-18(16)13-21(11-17)24(20,19-6-4-3-5-7-19)14-23(26)25-9-8-22(15-25)29(2,27)28/h3-7,16-18,20-22H,8-15H2,1-2H3. The number of benzene rings is 1. The molecule has 1 aromatic carbocycles. The number of carbonyl (C=O) groups excluding carboxylic acids is 1. The molecule has 29 heavy (non-hydrogen) atoms. The lowest BCUT2D eigenvalue weighted by molar-refractivity contribution is -0.141. The number of hydrogen-bond acceptors (Lipinski definition) is 3. The topological polar surface area (TPSA) is 54.5 Å². The van der Waals surface area contributed by atoms with Crippen LogP contribution in [0.15, 0.2) is 30.3 Å². The van der Waals surface area contributed by atoms with Crippen molar-refractivity contribution in [2.45, 2.75) is 56.1 Å². The Balaban J connectivity index is 1.45. The maximum Gasteiger partial charge on any atom is 0.223 e. The van der Waals surface area contributed by atoms with E-state index in [4.69, 9.17) is 0 Å². The molecule has 1 amide bonds. The van der Waals surface area contributed by atoms with Gasteiger partial charge in [0.1, 0.15) is 0 Å². The Kier molecular flexibility index (Phi) is 4.61. The van der Waals surface area contributed by atoms with Gasteiger partial charge in [-0.1, -0.05) is 37.3 Å². The van der Waals surface area contributed by atoms with Crippen LogP contribution in [0.4, 0.5) is 0 Å². The summed E-state index contributed by atoms with van der Waals surface area (Å²) in [5, 5.41) is -0.390. The average Bonchev–Trinajstić information content (AvgIpc) is 3.18. The number of likely N-dealkylation sites (tertiary alicyclic amines) is 1. The summed E-state index contributed by atoms with van der Waals surface area (Å²) in [7, 11) is -3.09. The van der Waals surface area contributed by atoms with Crippen LogP contribution in [0.1, 0.15) is 51.0 Å². The molecule has 1 aliphatic heterocycles. The SMILES string of the molecule is CC1C2CC3CC1CC(C2)C3(CC(=O)N1CCC(S(C)(=O)=O)C1)c1ccccc1. The molecule has 6 rings (SSSR count). The van der Waals surface area contributed by atoms with E-state index in [1.54, 1.807) is 0 Å². The molecule has 0 N–H and O–H groups in total.